The molecule has 1 amide bonds. The van der Waals surface area contributed by atoms with Crippen LogP contribution in [0.2, 0.25) is 0 Å². The van der Waals surface area contributed by atoms with Crippen LogP contribution in [0.25, 0.3) is 20.4 Å². The Morgan fingerprint density at radius 3 is 1.20 bits per heavy atom. The van der Waals surface area contributed by atoms with Gasteiger partial charge in [-0.05, 0) is 153 Å². The second-order valence-electron chi connectivity index (χ2n) is 22.0. The van der Waals surface area contributed by atoms with Gasteiger partial charge in [-0.2, -0.15) is 10.5 Å². The lowest BCUT2D eigenvalue weighted by atomic mass is 9.79. The van der Waals surface area contributed by atoms with E-state index in [-0.39, 0.29) is 56.5 Å². The first-order valence-electron chi connectivity index (χ1n) is 28.6. The second kappa shape index (κ2) is 31.5. The molecule has 5 aromatic carbocycles. The van der Waals surface area contributed by atoms with Gasteiger partial charge in [0.2, 0.25) is 0 Å². The first-order valence-corrected chi connectivity index (χ1v) is 30.6. The minimum Gasteiger partial charge on any atom is -0.449 e. The third-order valence-electron chi connectivity index (χ3n) is 14.7. The summed E-state index contributed by atoms with van der Waals surface area (Å²) in [6.07, 6.45) is -0.556. The number of carbonyl (C=O) groups is 2. The monoisotopic (exact) mass is 1230 g/mol. The van der Waals surface area contributed by atoms with E-state index in [9.17, 15) is 9.59 Å². The van der Waals surface area contributed by atoms with Gasteiger partial charge < -0.3 is 48.2 Å². The SMILES string of the molecule is CC.CC.CC.CC1(C)OB(c2ccc(CO)cc2)OC1(C)C.CC1(C)OB(c2ccc(COC(=O)Cl)cc2)OC1(C)C.CC1(C)OB(c2ccc(COC(=O)Nc3ccc4nc(C#N)sc4c3)cc2)OC1(C)C.N#Cc1nc2ccc(N)cc2s1. The molecule has 10 rings (SSSR count). The molecule has 3 aliphatic rings. The number of hydrogen-bond donors (Lipinski definition) is 3. The minimum absolute atomic E-state index is 0.0592. The van der Waals surface area contributed by atoms with E-state index >= 15 is 0 Å². The number of nitrogens with two attached hydrogens (primary N) is 1. The summed E-state index contributed by atoms with van der Waals surface area (Å²) < 4.78 is 47.7. The van der Waals surface area contributed by atoms with Crippen LogP contribution in [0.3, 0.4) is 0 Å². The van der Waals surface area contributed by atoms with Crippen LogP contribution < -0.4 is 27.4 Å². The number of thiazole rings is 2. The maximum Gasteiger partial charge on any atom is 0.494 e. The molecule has 5 heterocycles. The van der Waals surface area contributed by atoms with Crippen molar-refractivity contribution in [2.75, 3.05) is 11.1 Å². The number of fused-ring (bicyclic) bond motifs is 2. The first-order chi connectivity index (χ1) is 40.5. The number of aliphatic hydroxyl groups is 1. The molecular formula is C63H82B3ClN6O11S2. The van der Waals surface area contributed by atoms with Gasteiger partial charge >= 0.3 is 32.9 Å². The topological polar surface area (TPSA) is 240 Å². The van der Waals surface area contributed by atoms with Crippen molar-refractivity contribution in [1.82, 2.24) is 9.97 Å². The molecule has 4 N–H and O–H groups in total. The number of nitriles is 2. The summed E-state index contributed by atoms with van der Waals surface area (Å²) in [5, 5.41) is 30.1. The molecule has 86 heavy (non-hydrogen) atoms. The van der Waals surface area contributed by atoms with Crippen molar-refractivity contribution in [3.8, 4) is 12.1 Å². The molecule has 0 aliphatic carbocycles. The quantitative estimate of drug-likeness (QED) is 0.0691. The number of rotatable bonds is 9. The zero-order valence-corrected chi connectivity index (χ0v) is 55.2. The lowest BCUT2D eigenvalue weighted by Gasteiger charge is -2.32. The summed E-state index contributed by atoms with van der Waals surface area (Å²) in [5.74, 6) is 0. The maximum atomic E-state index is 12.2. The molecule has 0 radical (unpaired) electrons. The predicted molar refractivity (Wildman–Crippen MR) is 349 cm³/mol. The van der Waals surface area contributed by atoms with Gasteiger partial charge in [-0.3, -0.25) is 5.32 Å². The number of aliphatic hydroxyl groups excluding tert-OH is 1. The summed E-state index contributed by atoms with van der Waals surface area (Å²) in [4.78, 5) is 31.0. The van der Waals surface area contributed by atoms with Gasteiger partial charge in [0.05, 0.1) is 60.6 Å². The molecule has 0 atom stereocenters. The first kappa shape index (κ1) is 72.1. The van der Waals surface area contributed by atoms with E-state index in [0.717, 1.165) is 53.5 Å². The number of hydrogen-bond acceptors (Lipinski definition) is 18. The minimum atomic E-state index is -0.806. The number of ether oxygens (including phenoxy) is 2. The van der Waals surface area contributed by atoms with Gasteiger partial charge in [-0.1, -0.05) is 114 Å². The molecule has 0 spiro atoms. The van der Waals surface area contributed by atoms with Gasteiger partial charge in [0, 0.05) is 23.0 Å². The molecule has 23 heteroatoms. The van der Waals surface area contributed by atoms with Crippen molar-refractivity contribution in [2.24, 2.45) is 0 Å². The number of nitrogens with zero attached hydrogens (tertiary/aromatic N) is 4. The van der Waals surface area contributed by atoms with Crippen LogP contribution >= 0.6 is 34.3 Å². The number of amides is 1. The Hall–Kier alpha value is -6.40. The number of nitrogen functional groups attached to an aromatic ring is 1. The standard InChI is InChI=1S/C22H22BN3O4S.C14H18BClO4.C13H19BO3.C8H5N3S.3C2H6/c1-21(2)22(3,4)30-23(29-21)15-7-5-14(6-8-15)13-28-20(27)25-16-9-10-17-18(11-16)31-19(12-24)26-17;1-13(2)14(3,4)20-15(19-13)11-7-5-10(6-8-11)9-18-12(16)17;1-12(2)13(3,4)17-14(16-12)11-7-5-10(9-15)6-8-11;9-4-8-11-6-2-1-5(10)3-7(6)12-8;3*1-2/h5-11H,13H2,1-4H3,(H,25,27);5-8H,9H2,1-4H3;5-8,15H,9H2,1-4H3;1-3H,10H2;3*1-2H3. The van der Waals surface area contributed by atoms with Crippen LogP contribution in [0, 0.1) is 22.7 Å². The molecule has 0 saturated carbocycles. The van der Waals surface area contributed by atoms with Gasteiger partial charge in [0.25, 0.3) is 0 Å². The smallest absolute Gasteiger partial charge is 0.449 e. The Morgan fingerprint density at radius 2 is 0.860 bits per heavy atom. The third-order valence-corrected chi connectivity index (χ3v) is 16.6. The molecule has 0 unspecified atom stereocenters. The highest BCUT2D eigenvalue weighted by molar-refractivity contribution is 7.19. The molecular weight excluding hydrogens is 1150 g/mol. The number of carbonyl (C=O) groups excluding carboxylic acids is 2. The van der Waals surface area contributed by atoms with Crippen LogP contribution in [-0.2, 0) is 57.2 Å². The normalized spacial score (nSPS) is 16.6. The fraction of sp³-hybridized carbons (Fsp3) is 0.429. The molecule has 7 aromatic rings. The largest absolute Gasteiger partial charge is 0.494 e. The zero-order chi connectivity index (χ0) is 64.4. The Labute approximate surface area is 522 Å². The summed E-state index contributed by atoms with van der Waals surface area (Å²) in [6.45, 7) is 36.6. The molecule has 0 bridgehead atoms. The van der Waals surface area contributed by atoms with E-state index in [1.54, 1.807) is 24.3 Å². The second-order valence-corrected chi connectivity index (χ2v) is 24.4. The van der Waals surface area contributed by atoms with Gasteiger partial charge in [0.15, 0.2) is 10.0 Å². The molecule has 2 aromatic heterocycles. The van der Waals surface area contributed by atoms with E-state index < -0.39 is 29.8 Å². The molecule has 3 saturated heterocycles. The van der Waals surface area contributed by atoms with Crippen LogP contribution in [0.5, 0.6) is 0 Å². The van der Waals surface area contributed by atoms with Crippen LogP contribution in [0.4, 0.5) is 21.0 Å². The number of nitrogens with one attached hydrogen (secondary N) is 1. The average molecular weight is 1230 g/mol. The average Bonchev–Trinajstić information content (AvgIpc) is 2.93. The van der Waals surface area contributed by atoms with Crippen molar-refractivity contribution in [3.63, 3.8) is 0 Å². The molecule has 3 aliphatic heterocycles. The summed E-state index contributed by atoms with van der Waals surface area (Å²) in [5.41, 5.74) is 10.9. The fourth-order valence-corrected chi connectivity index (χ4v) is 9.41. The summed E-state index contributed by atoms with van der Waals surface area (Å²) in [7, 11) is -1.14. The summed E-state index contributed by atoms with van der Waals surface area (Å²) in [6, 6.07) is 37.5. The lowest BCUT2D eigenvalue weighted by molar-refractivity contribution is 0.00578. The van der Waals surface area contributed by atoms with E-state index in [1.165, 1.54) is 22.7 Å². The highest BCUT2D eigenvalue weighted by atomic mass is 35.5. The van der Waals surface area contributed by atoms with E-state index in [4.69, 9.17) is 70.4 Å². The van der Waals surface area contributed by atoms with Crippen LogP contribution in [0.15, 0.2) is 109 Å². The van der Waals surface area contributed by atoms with Gasteiger partial charge in [0.1, 0.15) is 25.4 Å². The van der Waals surface area contributed by atoms with Crippen molar-refractivity contribution in [3.05, 3.63) is 136 Å². The zero-order valence-electron chi connectivity index (χ0n) is 52.8. The van der Waals surface area contributed by atoms with Gasteiger partial charge in [-0.15, -0.1) is 22.7 Å². The Morgan fingerprint density at radius 1 is 0.535 bits per heavy atom. The van der Waals surface area contributed by atoms with Crippen molar-refractivity contribution < 1.29 is 52.1 Å². The number of benzene rings is 5. The van der Waals surface area contributed by atoms with Crippen molar-refractivity contribution in [1.29, 1.82) is 10.5 Å². The number of aromatic nitrogens is 2. The lowest BCUT2D eigenvalue weighted by Crippen LogP contribution is -2.41. The van der Waals surface area contributed by atoms with Crippen LogP contribution in [-0.4, -0.2) is 81.6 Å². The van der Waals surface area contributed by atoms with E-state index in [2.05, 4.69) is 15.3 Å². The maximum absolute atomic E-state index is 12.2. The highest BCUT2D eigenvalue weighted by Crippen LogP contribution is 2.39. The van der Waals surface area contributed by atoms with Crippen molar-refractivity contribution in [2.45, 2.75) is 178 Å². The predicted octanol–water partition coefficient (Wildman–Crippen LogP) is 13.4. The Balaban J connectivity index is 0.000000251. The van der Waals surface area contributed by atoms with E-state index in [0.29, 0.717) is 21.4 Å². The Kier molecular flexibility index (Phi) is 26.4. The van der Waals surface area contributed by atoms with Crippen molar-refractivity contribution >= 4 is 115 Å². The number of halogens is 1. The molecule has 17 nitrogen and oxygen atoms in total. The Bertz CT molecular complexity index is 3350. The fourth-order valence-electron chi connectivity index (χ4n) is 7.74. The number of anilines is 2. The third kappa shape index (κ3) is 19.1. The molecule has 3 fully saturated rings. The van der Waals surface area contributed by atoms with E-state index in [1.807, 2.05) is 222 Å². The van der Waals surface area contributed by atoms with Gasteiger partial charge in [-0.25, -0.2) is 19.6 Å². The highest BCUT2D eigenvalue weighted by Gasteiger charge is 2.53. The summed E-state index contributed by atoms with van der Waals surface area (Å²) >= 11 is 7.76. The van der Waals surface area contributed by atoms with Crippen LogP contribution in [0.1, 0.15) is 151 Å². The molecule has 458 valence electrons.